The van der Waals surface area contributed by atoms with Gasteiger partial charge in [-0.15, -0.1) is 0 Å². The Hall–Kier alpha value is -1.37. The average molecular weight is 293 g/mol. The SMILES string of the molecule is O=C(CC(F)(F)F)NCC[S@@](=O)Cc1ccccc1. The van der Waals surface area contributed by atoms with Crippen molar-refractivity contribution in [2.75, 3.05) is 12.3 Å². The van der Waals surface area contributed by atoms with Crippen molar-refractivity contribution in [1.82, 2.24) is 5.32 Å². The Morgan fingerprint density at radius 2 is 1.84 bits per heavy atom. The minimum atomic E-state index is -4.51. The number of benzene rings is 1. The molecule has 1 aromatic rings. The van der Waals surface area contributed by atoms with Gasteiger partial charge in [0.15, 0.2) is 0 Å². The Bertz CT molecular complexity index is 434. The summed E-state index contributed by atoms with van der Waals surface area (Å²) in [6.45, 7) is -0.0195. The third kappa shape index (κ3) is 7.61. The van der Waals surface area contributed by atoms with Crippen molar-refractivity contribution in [3.05, 3.63) is 35.9 Å². The van der Waals surface area contributed by atoms with Crippen LogP contribution in [0.3, 0.4) is 0 Å². The molecule has 0 bridgehead atoms. The van der Waals surface area contributed by atoms with Crippen molar-refractivity contribution >= 4 is 16.7 Å². The van der Waals surface area contributed by atoms with Crippen LogP contribution >= 0.6 is 0 Å². The molecule has 19 heavy (non-hydrogen) atoms. The van der Waals surface area contributed by atoms with E-state index in [0.29, 0.717) is 5.75 Å². The lowest BCUT2D eigenvalue weighted by molar-refractivity contribution is -0.153. The monoisotopic (exact) mass is 293 g/mol. The van der Waals surface area contributed by atoms with Gasteiger partial charge in [0.25, 0.3) is 0 Å². The first kappa shape index (κ1) is 15.7. The highest BCUT2D eigenvalue weighted by atomic mass is 32.2. The predicted molar refractivity (Wildman–Crippen MR) is 66.8 cm³/mol. The maximum absolute atomic E-state index is 11.9. The maximum atomic E-state index is 11.9. The Labute approximate surface area is 111 Å². The number of nitrogens with one attached hydrogen (secondary N) is 1. The summed E-state index contributed by atoms with van der Waals surface area (Å²) in [6.07, 6.45) is -6.01. The van der Waals surface area contributed by atoms with Crippen LogP contribution in [0.4, 0.5) is 13.2 Å². The molecule has 1 aromatic carbocycles. The molecule has 0 saturated heterocycles. The van der Waals surface area contributed by atoms with Crippen molar-refractivity contribution in [2.24, 2.45) is 0 Å². The first-order chi connectivity index (χ1) is 8.87. The van der Waals surface area contributed by atoms with Crippen LogP contribution in [-0.2, 0) is 21.3 Å². The number of hydrogen-bond acceptors (Lipinski definition) is 2. The van der Waals surface area contributed by atoms with Crippen molar-refractivity contribution in [3.8, 4) is 0 Å². The fourth-order valence-corrected chi connectivity index (χ4v) is 2.42. The topological polar surface area (TPSA) is 46.2 Å². The number of halogens is 3. The summed E-state index contributed by atoms with van der Waals surface area (Å²) in [6, 6.07) is 9.11. The van der Waals surface area contributed by atoms with Gasteiger partial charge >= 0.3 is 6.18 Å². The van der Waals surface area contributed by atoms with Crippen LogP contribution in [0.25, 0.3) is 0 Å². The van der Waals surface area contributed by atoms with E-state index in [4.69, 9.17) is 0 Å². The number of carbonyl (C=O) groups is 1. The van der Waals surface area contributed by atoms with Gasteiger partial charge in [0.1, 0.15) is 6.42 Å². The maximum Gasteiger partial charge on any atom is 0.397 e. The van der Waals surface area contributed by atoms with Crippen LogP contribution < -0.4 is 5.32 Å². The van der Waals surface area contributed by atoms with Crippen LogP contribution in [0.1, 0.15) is 12.0 Å². The molecule has 0 saturated carbocycles. The lowest BCUT2D eigenvalue weighted by Crippen LogP contribution is -2.31. The summed E-state index contributed by atoms with van der Waals surface area (Å²) in [4.78, 5) is 10.9. The molecule has 1 amide bonds. The van der Waals surface area contributed by atoms with Gasteiger partial charge in [-0.2, -0.15) is 13.2 Å². The Balaban J connectivity index is 2.23. The van der Waals surface area contributed by atoms with E-state index >= 15 is 0 Å². The zero-order valence-electron chi connectivity index (χ0n) is 10.1. The molecule has 0 aliphatic heterocycles. The first-order valence-electron chi connectivity index (χ1n) is 5.59. The van der Waals surface area contributed by atoms with Crippen LogP contribution in [0.15, 0.2) is 30.3 Å². The van der Waals surface area contributed by atoms with Crippen LogP contribution in [0, 0.1) is 0 Å². The Kier molecular flexibility index (Phi) is 6.01. The summed E-state index contributed by atoms with van der Waals surface area (Å²) < 4.78 is 47.2. The lowest BCUT2D eigenvalue weighted by Gasteiger charge is -2.07. The summed E-state index contributed by atoms with van der Waals surface area (Å²) in [7, 11) is -1.21. The Morgan fingerprint density at radius 1 is 1.21 bits per heavy atom. The summed E-state index contributed by atoms with van der Waals surface area (Å²) in [5.74, 6) is -0.627. The molecule has 106 valence electrons. The van der Waals surface area contributed by atoms with Gasteiger partial charge in [-0.05, 0) is 5.56 Å². The highest BCUT2D eigenvalue weighted by Crippen LogP contribution is 2.18. The summed E-state index contributed by atoms with van der Waals surface area (Å²) >= 11 is 0. The molecule has 0 unspecified atom stereocenters. The fourth-order valence-electron chi connectivity index (χ4n) is 1.38. The molecule has 0 heterocycles. The molecule has 1 atom stereocenters. The highest BCUT2D eigenvalue weighted by Gasteiger charge is 2.30. The van der Waals surface area contributed by atoms with E-state index in [1.807, 2.05) is 30.3 Å². The van der Waals surface area contributed by atoms with Crippen molar-refractivity contribution < 1.29 is 22.2 Å². The third-order valence-corrected chi connectivity index (χ3v) is 3.50. The van der Waals surface area contributed by atoms with Crippen LogP contribution in [0.2, 0.25) is 0 Å². The molecule has 0 aliphatic carbocycles. The minimum Gasteiger partial charge on any atom is -0.355 e. The summed E-state index contributed by atoms with van der Waals surface area (Å²) in [5, 5.41) is 2.10. The van der Waals surface area contributed by atoms with Crippen LogP contribution in [0.5, 0.6) is 0 Å². The number of amides is 1. The smallest absolute Gasteiger partial charge is 0.355 e. The zero-order valence-corrected chi connectivity index (χ0v) is 10.9. The van der Waals surface area contributed by atoms with Gasteiger partial charge in [-0.25, -0.2) is 0 Å². The third-order valence-electron chi connectivity index (χ3n) is 2.18. The van der Waals surface area contributed by atoms with E-state index in [1.165, 1.54) is 0 Å². The zero-order chi connectivity index (χ0) is 14.3. The quantitative estimate of drug-likeness (QED) is 0.872. The van der Waals surface area contributed by atoms with Crippen molar-refractivity contribution in [1.29, 1.82) is 0 Å². The van der Waals surface area contributed by atoms with E-state index in [-0.39, 0.29) is 12.3 Å². The van der Waals surface area contributed by atoms with Gasteiger partial charge in [-0.1, -0.05) is 30.3 Å². The number of carbonyl (C=O) groups excluding carboxylic acids is 1. The van der Waals surface area contributed by atoms with E-state index in [0.717, 1.165) is 5.56 Å². The van der Waals surface area contributed by atoms with Crippen LogP contribution in [-0.4, -0.2) is 28.6 Å². The number of hydrogen-bond donors (Lipinski definition) is 1. The van der Waals surface area contributed by atoms with Gasteiger partial charge in [0.2, 0.25) is 5.91 Å². The van der Waals surface area contributed by atoms with Crippen molar-refractivity contribution in [3.63, 3.8) is 0 Å². The molecular formula is C12H14F3NO2S. The molecule has 0 aliphatic rings. The van der Waals surface area contributed by atoms with E-state index < -0.39 is 29.3 Å². The van der Waals surface area contributed by atoms with Gasteiger partial charge in [0.05, 0.1) is 0 Å². The molecular weight excluding hydrogens is 279 g/mol. The van der Waals surface area contributed by atoms with Gasteiger partial charge in [0, 0.05) is 28.9 Å². The molecule has 1 N–H and O–H groups in total. The largest absolute Gasteiger partial charge is 0.397 e. The second-order valence-corrected chi connectivity index (χ2v) is 5.49. The van der Waals surface area contributed by atoms with E-state index in [1.54, 1.807) is 0 Å². The molecule has 0 spiro atoms. The standard InChI is InChI=1S/C12H14F3NO2S/c13-12(14,15)8-11(17)16-6-7-19(18)9-10-4-2-1-3-5-10/h1-5H,6-9H2,(H,16,17)/t19-/m1/s1. The molecule has 1 rings (SSSR count). The Morgan fingerprint density at radius 3 is 2.42 bits per heavy atom. The molecule has 0 fully saturated rings. The number of alkyl halides is 3. The number of rotatable bonds is 6. The minimum absolute atomic E-state index is 0.0195. The van der Waals surface area contributed by atoms with E-state index in [9.17, 15) is 22.2 Å². The second-order valence-electron chi connectivity index (χ2n) is 3.92. The predicted octanol–water partition coefficient (Wildman–Crippen LogP) is 2.00. The average Bonchev–Trinajstić information content (AvgIpc) is 2.27. The lowest BCUT2D eigenvalue weighted by atomic mass is 10.2. The summed E-state index contributed by atoms with van der Waals surface area (Å²) in [5.41, 5.74) is 0.891. The van der Waals surface area contributed by atoms with Gasteiger partial charge in [-0.3, -0.25) is 9.00 Å². The first-order valence-corrected chi connectivity index (χ1v) is 7.08. The van der Waals surface area contributed by atoms with Gasteiger partial charge < -0.3 is 5.32 Å². The molecule has 3 nitrogen and oxygen atoms in total. The molecule has 7 heteroatoms. The molecule has 0 aromatic heterocycles. The normalized spacial score (nSPS) is 13.0. The highest BCUT2D eigenvalue weighted by molar-refractivity contribution is 7.84. The van der Waals surface area contributed by atoms with Crippen molar-refractivity contribution in [2.45, 2.75) is 18.3 Å². The second kappa shape index (κ2) is 7.28. The van der Waals surface area contributed by atoms with E-state index in [2.05, 4.69) is 5.32 Å². The fraction of sp³-hybridized carbons (Fsp3) is 0.417. The molecule has 0 radical (unpaired) electrons.